The van der Waals surface area contributed by atoms with Crippen molar-refractivity contribution in [2.75, 3.05) is 7.11 Å². The summed E-state index contributed by atoms with van der Waals surface area (Å²) in [6, 6.07) is 0. The number of carbonyl (C=O) groups excluding carboxylic acids is 1. The minimum absolute atomic E-state index is 0.295. The van der Waals surface area contributed by atoms with Gasteiger partial charge < -0.3 is 4.74 Å². The number of nitrogens with zero attached hydrogens (tertiary/aromatic N) is 1. The highest BCUT2D eigenvalue weighted by atomic mass is 16.5. The van der Waals surface area contributed by atoms with Gasteiger partial charge in [0.05, 0.1) is 18.5 Å². The molecule has 15 heavy (non-hydrogen) atoms. The second-order valence-electron chi connectivity index (χ2n) is 3.97. The van der Waals surface area contributed by atoms with Gasteiger partial charge in [-0.1, -0.05) is 20.8 Å². The van der Waals surface area contributed by atoms with Crippen LogP contribution in [0.5, 0.6) is 0 Å². The number of H-pyrrole nitrogens is 1. The van der Waals surface area contributed by atoms with E-state index >= 15 is 0 Å². The molecule has 4 nitrogen and oxygen atoms in total. The summed E-state index contributed by atoms with van der Waals surface area (Å²) >= 11 is 0. The number of aromatic nitrogens is 2. The number of methoxy groups -OCH3 is 1. The van der Waals surface area contributed by atoms with Crippen molar-refractivity contribution >= 4 is 5.97 Å². The molecule has 1 N–H and O–H groups in total. The van der Waals surface area contributed by atoms with Gasteiger partial charge in [-0.2, -0.15) is 5.10 Å². The van der Waals surface area contributed by atoms with Gasteiger partial charge in [0.25, 0.3) is 0 Å². The lowest BCUT2D eigenvalue weighted by molar-refractivity contribution is 0.0598. The predicted molar refractivity (Wildman–Crippen MR) is 57.8 cm³/mol. The molecule has 0 saturated carbocycles. The molecule has 0 aromatic carbocycles. The molecular formula is C11H18N2O2. The third-order valence-corrected chi connectivity index (χ3v) is 2.25. The molecule has 1 aromatic heterocycles. The SMILES string of the molecule is CCc1n[nH]c(CC(C)C)c1C(=O)OC. The first-order valence-corrected chi connectivity index (χ1v) is 5.24. The van der Waals surface area contributed by atoms with E-state index in [0.29, 0.717) is 11.5 Å². The van der Waals surface area contributed by atoms with Crippen LogP contribution in [0, 0.1) is 5.92 Å². The van der Waals surface area contributed by atoms with E-state index in [9.17, 15) is 4.79 Å². The Morgan fingerprint density at radius 3 is 2.67 bits per heavy atom. The molecule has 0 spiro atoms. The summed E-state index contributed by atoms with van der Waals surface area (Å²) in [6.07, 6.45) is 1.55. The van der Waals surface area contributed by atoms with Gasteiger partial charge in [-0.3, -0.25) is 5.10 Å². The zero-order valence-electron chi connectivity index (χ0n) is 9.76. The van der Waals surface area contributed by atoms with Crippen LogP contribution in [0.2, 0.25) is 0 Å². The number of esters is 1. The molecule has 0 atom stereocenters. The molecule has 0 unspecified atom stereocenters. The largest absolute Gasteiger partial charge is 0.465 e. The summed E-state index contributed by atoms with van der Waals surface area (Å²) in [5, 5.41) is 7.05. The number of aromatic amines is 1. The lowest BCUT2D eigenvalue weighted by Gasteiger charge is -2.05. The Morgan fingerprint density at radius 2 is 2.20 bits per heavy atom. The van der Waals surface area contributed by atoms with Crippen molar-refractivity contribution in [3.8, 4) is 0 Å². The zero-order valence-corrected chi connectivity index (χ0v) is 9.76. The van der Waals surface area contributed by atoms with Gasteiger partial charge >= 0.3 is 5.97 Å². The van der Waals surface area contributed by atoms with E-state index < -0.39 is 0 Å². The highest BCUT2D eigenvalue weighted by Gasteiger charge is 2.20. The van der Waals surface area contributed by atoms with Gasteiger partial charge in [0.2, 0.25) is 0 Å². The maximum absolute atomic E-state index is 11.6. The summed E-state index contributed by atoms with van der Waals surface area (Å²) in [7, 11) is 1.40. The first kappa shape index (κ1) is 11.8. The fourth-order valence-electron chi connectivity index (χ4n) is 1.58. The Balaban J connectivity index is 3.05. The van der Waals surface area contributed by atoms with Crippen LogP contribution in [-0.4, -0.2) is 23.3 Å². The average Bonchev–Trinajstić information content (AvgIpc) is 2.58. The van der Waals surface area contributed by atoms with Crippen LogP contribution in [-0.2, 0) is 17.6 Å². The summed E-state index contributed by atoms with van der Waals surface area (Å²) in [4.78, 5) is 11.6. The lowest BCUT2D eigenvalue weighted by Crippen LogP contribution is -2.08. The van der Waals surface area contributed by atoms with Crippen LogP contribution in [0.25, 0.3) is 0 Å². The number of carbonyl (C=O) groups is 1. The third kappa shape index (κ3) is 2.58. The summed E-state index contributed by atoms with van der Waals surface area (Å²) < 4.78 is 4.76. The maximum Gasteiger partial charge on any atom is 0.341 e. The first-order chi connectivity index (χ1) is 7.10. The topological polar surface area (TPSA) is 55.0 Å². The molecule has 0 aliphatic heterocycles. The minimum Gasteiger partial charge on any atom is -0.465 e. The smallest absolute Gasteiger partial charge is 0.341 e. The lowest BCUT2D eigenvalue weighted by atomic mass is 10.0. The molecule has 0 amide bonds. The van der Waals surface area contributed by atoms with Gasteiger partial charge in [0.15, 0.2) is 0 Å². The summed E-state index contributed by atoms with van der Waals surface area (Å²) in [6.45, 7) is 6.18. The summed E-state index contributed by atoms with van der Waals surface area (Å²) in [5.41, 5.74) is 2.29. The Labute approximate surface area is 90.0 Å². The molecule has 1 aromatic rings. The highest BCUT2D eigenvalue weighted by molar-refractivity contribution is 5.91. The van der Waals surface area contributed by atoms with E-state index in [2.05, 4.69) is 24.0 Å². The highest BCUT2D eigenvalue weighted by Crippen LogP contribution is 2.16. The number of nitrogens with one attached hydrogen (secondary N) is 1. The van der Waals surface area contributed by atoms with Crippen molar-refractivity contribution in [2.24, 2.45) is 5.92 Å². The fraction of sp³-hybridized carbons (Fsp3) is 0.636. The fourth-order valence-corrected chi connectivity index (χ4v) is 1.58. The molecule has 0 aliphatic rings. The van der Waals surface area contributed by atoms with Crippen LogP contribution in [0.1, 0.15) is 42.5 Å². The van der Waals surface area contributed by atoms with E-state index in [1.54, 1.807) is 0 Å². The Hall–Kier alpha value is -1.32. The van der Waals surface area contributed by atoms with Crippen LogP contribution in [0.15, 0.2) is 0 Å². The van der Waals surface area contributed by atoms with Gasteiger partial charge in [0, 0.05) is 0 Å². The molecule has 0 aliphatic carbocycles. The molecule has 1 rings (SSSR count). The van der Waals surface area contributed by atoms with Crippen molar-refractivity contribution in [1.29, 1.82) is 0 Å². The van der Waals surface area contributed by atoms with Crippen molar-refractivity contribution in [3.63, 3.8) is 0 Å². The predicted octanol–water partition coefficient (Wildman–Crippen LogP) is 1.96. The minimum atomic E-state index is -0.295. The van der Waals surface area contributed by atoms with Crippen LogP contribution in [0.4, 0.5) is 0 Å². The quantitative estimate of drug-likeness (QED) is 0.773. The standard InChI is InChI=1S/C11H18N2O2/c1-5-8-10(11(14)15-4)9(13-12-8)6-7(2)3/h7H,5-6H2,1-4H3,(H,12,13). The molecule has 0 fully saturated rings. The van der Waals surface area contributed by atoms with E-state index in [4.69, 9.17) is 4.74 Å². The molecule has 4 heteroatoms. The van der Waals surface area contributed by atoms with E-state index in [-0.39, 0.29) is 5.97 Å². The first-order valence-electron chi connectivity index (χ1n) is 5.24. The Bertz CT molecular complexity index is 342. The summed E-state index contributed by atoms with van der Waals surface area (Å²) in [5.74, 6) is 0.190. The van der Waals surface area contributed by atoms with E-state index in [1.165, 1.54) is 7.11 Å². The van der Waals surface area contributed by atoms with Crippen molar-refractivity contribution in [3.05, 3.63) is 17.0 Å². The number of aryl methyl sites for hydroxylation is 1. The van der Waals surface area contributed by atoms with Crippen molar-refractivity contribution in [2.45, 2.75) is 33.6 Å². The van der Waals surface area contributed by atoms with Gasteiger partial charge in [-0.05, 0) is 18.8 Å². The van der Waals surface area contributed by atoms with Crippen LogP contribution >= 0.6 is 0 Å². The van der Waals surface area contributed by atoms with Crippen molar-refractivity contribution in [1.82, 2.24) is 10.2 Å². The zero-order chi connectivity index (χ0) is 11.4. The van der Waals surface area contributed by atoms with Gasteiger partial charge in [0.1, 0.15) is 5.56 Å². The number of hydrogen-bond acceptors (Lipinski definition) is 3. The average molecular weight is 210 g/mol. The number of hydrogen-bond donors (Lipinski definition) is 1. The van der Waals surface area contributed by atoms with Gasteiger partial charge in [-0.15, -0.1) is 0 Å². The third-order valence-electron chi connectivity index (χ3n) is 2.25. The van der Waals surface area contributed by atoms with Crippen molar-refractivity contribution < 1.29 is 9.53 Å². The monoisotopic (exact) mass is 210 g/mol. The molecule has 84 valence electrons. The Morgan fingerprint density at radius 1 is 1.53 bits per heavy atom. The second kappa shape index (κ2) is 4.96. The molecular weight excluding hydrogens is 192 g/mol. The molecule has 0 radical (unpaired) electrons. The molecule has 0 saturated heterocycles. The maximum atomic E-state index is 11.6. The number of ether oxygens (including phenoxy) is 1. The second-order valence-corrected chi connectivity index (χ2v) is 3.97. The molecule has 1 heterocycles. The Kier molecular flexibility index (Phi) is 3.88. The van der Waals surface area contributed by atoms with E-state index in [1.807, 2.05) is 6.92 Å². The van der Waals surface area contributed by atoms with E-state index in [0.717, 1.165) is 24.2 Å². The normalized spacial score (nSPS) is 10.7. The van der Waals surface area contributed by atoms with Crippen LogP contribution < -0.4 is 0 Å². The van der Waals surface area contributed by atoms with Crippen LogP contribution in [0.3, 0.4) is 0 Å². The van der Waals surface area contributed by atoms with Gasteiger partial charge in [-0.25, -0.2) is 4.79 Å². The molecule has 0 bridgehead atoms. The number of rotatable bonds is 4.